The van der Waals surface area contributed by atoms with E-state index in [4.69, 9.17) is 11.6 Å². The summed E-state index contributed by atoms with van der Waals surface area (Å²) < 4.78 is 0. The van der Waals surface area contributed by atoms with Crippen molar-refractivity contribution in [1.29, 1.82) is 0 Å². The lowest BCUT2D eigenvalue weighted by molar-refractivity contribution is 0.112. The van der Waals surface area contributed by atoms with Crippen molar-refractivity contribution < 1.29 is 4.79 Å². The number of rotatable bonds is 2. The molecule has 0 radical (unpaired) electrons. The Hall–Kier alpha value is -1.34. The minimum absolute atomic E-state index is 0.501. The first-order valence-corrected chi connectivity index (χ1v) is 4.91. The highest BCUT2D eigenvalue weighted by atomic mass is 35.5. The van der Waals surface area contributed by atoms with Crippen molar-refractivity contribution in [2.75, 3.05) is 0 Å². The predicted octanol–water partition coefficient (Wildman–Crippen LogP) is 3.39. The number of benzene rings is 2. The summed E-state index contributed by atoms with van der Waals surface area (Å²) in [5, 5.41) is 2.19. The molecule has 0 spiro atoms. The lowest BCUT2D eigenvalue weighted by Gasteiger charge is -2.00. The van der Waals surface area contributed by atoms with E-state index in [1.165, 1.54) is 0 Å². The third-order valence-electron chi connectivity index (χ3n) is 2.22. The standard InChI is InChI=1S/C12H9ClO/c13-7-9-1-3-11-4-2-10(8-14)6-12(11)5-9/h1-6,8H,7H2. The number of hydrogen-bond acceptors (Lipinski definition) is 1. The van der Waals surface area contributed by atoms with Gasteiger partial charge in [0.15, 0.2) is 0 Å². The fourth-order valence-electron chi connectivity index (χ4n) is 1.47. The van der Waals surface area contributed by atoms with Crippen LogP contribution in [0.15, 0.2) is 36.4 Å². The van der Waals surface area contributed by atoms with Crippen molar-refractivity contribution >= 4 is 28.7 Å². The van der Waals surface area contributed by atoms with Crippen molar-refractivity contribution in [2.45, 2.75) is 5.88 Å². The molecule has 0 atom stereocenters. The molecule has 2 aromatic rings. The number of aldehydes is 1. The van der Waals surface area contributed by atoms with Gasteiger partial charge < -0.3 is 0 Å². The van der Waals surface area contributed by atoms with Gasteiger partial charge in [-0.2, -0.15) is 0 Å². The zero-order valence-electron chi connectivity index (χ0n) is 7.53. The number of hydrogen-bond donors (Lipinski definition) is 0. The second kappa shape index (κ2) is 3.81. The second-order valence-electron chi connectivity index (χ2n) is 3.19. The van der Waals surface area contributed by atoms with Crippen molar-refractivity contribution in [3.63, 3.8) is 0 Å². The van der Waals surface area contributed by atoms with E-state index in [1.807, 2.05) is 36.4 Å². The second-order valence-corrected chi connectivity index (χ2v) is 3.46. The Labute approximate surface area is 87.3 Å². The Morgan fingerprint density at radius 2 is 1.86 bits per heavy atom. The van der Waals surface area contributed by atoms with Crippen LogP contribution in [0.4, 0.5) is 0 Å². The van der Waals surface area contributed by atoms with E-state index in [0.717, 1.165) is 22.6 Å². The Balaban J connectivity index is 2.65. The molecule has 1 nitrogen and oxygen atoms in total. The van der Waals surface area contributed by atoms with Crippen LogP contribution in [0.5, 0.6) is 0 Å². The zero-order chi connectivity index (χ0) is 9.97. The molecular weight excluding hydrogens is 196 g/mol. The summed E-state index contributed by atoms with van der Waals surface area (Å²) in [4.78, 5) is 10.6. The minimum Gasteiger partial charge on any atom is -0.298 e. The summed E-state index contributed by atoms with van der Waals surface area (Å²) in [6, 6.07) is 11.7. The van der Waals surface area contributed by atoms with Crippen LogP contribution in [-0.2, 0) is 5.88 Å². The number of alkyl halides is 1. The van der Waals surface area contributed by atoms with Crippen LogP contribution in [0.2, 0.25) is 0 Å². The fraction of sp³-hybridized carbons (Fsp3) is 0.0833. The van der Waals surface area contributed by atoms with Crippen LogP contribution < -0.4 is 0 Å². The monoisotopic (exact) mass is 204 g/mol. The van der Waals surface area contributed by atoms with E-state index in [1.54, 1.807) is 0 Å². The number of fused-ring (bicyclic) bond motifs is 1. The van der Waals surface area contributed by atoms with Gasteiger partial charge in [0.25, 0.3) is 0 Å². The first kappa shape index (κ1) is 9.22. The van der Waals surface area contributed by atoms with Crippen molar-refractivity contribution in [3.05, 3.63) is 47.5 Å². The van der Waals surface area contributed by atoms with Crippen LogP contribution >= 0.6 is 11.6 Å². The average Bonchev–Trinajstić information content (AvgIpc) is 2.27. The Morgan fingerprint density at radius 1 is 1.07 bits per heavy atom. The summed E-state index contributed by atoms with van der Waals surface area (Å²) in [6.45, 7) is 0. The SMILES string of the molecule is O=Cc1ccc2ccc(CCl)cc2c1. The van der Waals surface area contributed by atoms with Crippen molar-refractivity contribution in [3.8, 4) is 0 Å². The minimum atomic E-state index is 0.501. The quantitative estimate of drug-likeness (QED) is 0.541. The molecule has 2 aromatic carbocycles. The molecule has 0 amide bonds. The van der Waals surface area contributed by atoms with Gasteiger partial charge in [0.2, 0.25) is 0 Å². The van der Waals surface area contributed by atoms with Gasteiger partial charge >= 0.3 is 0 Å². The predicted molar refractivity (Wildman–Crippen MR) is 58.9 cm³/mol. The molecule has 0 heterocycles. The van der Waals surface area contributed by atoms with E-state index in [2.05, 4.69) is 0 Å². The molecule has 14 heavy (non-hydrogen) atoms. The lowest BCUT2D eigenvalue weighted by Crippen LogP contribution is -1.82. The molecular formula is C12H9ClO. The van der Waals surface area contributed by atoms with Gasteiger partial charge in [-0.15, -0.1) is 11.6 Å². The Kier molecular flexibility index (Phi) is 2.51. The maximum Gasteiger partial charge on any atom is 0.150 e. The van der Waals surface area contributed by atoms with E-state index in [0.29, 0.717) is 11.4 Å². The van der Waals surface area contributed by atoms with E-state index < -0.39 is 0 Å². The highest BCUT2D eigenvalue weighted by Crippen LogP contribution is 2.18. The molecule has 0 bridgehead atoms. The molecule has 0 unspecified atom stereocenters. The largest absolute Gasteiger partial charge is 0.298 e. The molecule has 2 rings (SSSR count). The first-order chi connectivity index (χ1) is 6.83. The number of carbonyl (C=O) groups excluding carboxylic acids is 1. The molecule has 0 saturated heterocycles. The van der Waals surface area contributed by atoms with Crippen LogP contribution in [0.1, 0.15) is 15.9 Å². The van der Waals surface area contributed by atoms with Crippen LogP contribution in [0.25, 0.3) is 10.8 Å². The topological polar surface area (TPSA) is 17.1 Å². The summed E-state index contributed by atoms with van der Waals surface area (Å²) in [5.41, 5.74) is 1.77. The van der Waals surface area contributed by atoms with E-state index >= 15 is 0 Å². The average molecular weight is 205 g/mol. The normalized spacial score (nSPS) is 10.4. The molecule has 0 aromatic heterocycles. The zero-order valence-corrected chi connectivity index (χ0v) is 8.29. The molecule has 0 aliphatic heterocycles. The maximum absolute atomic E-state index is 10.6. The van der Waals surface area contributed by atoms with Gasteiger partial charge in [0.1, 0.15) is 6.29 Å². The smallest absolute Gasteiger partial charge is 0.150 e. The van der Waals surface area contributed by atoms with Gasteiger partial charge in [0, 0.05) is 11.4 Å². The summed E-state index contributed by atoms with van der Waals surface area (Å²) in [6.07, 6.45) is 0.854. The fourth-order valence-corrected chi connectivity index (χ4v) is 1.64. The lowest BCUT2D eigenvalue weighted by atomic mass is 10.1. The van der Waals surface area contributed by atoms with Gasteiger partial charge in [-0.25, -0.2) is 0 Å². The summed E-state index contributed by atoms with van der Waals surface area (Å²) in [5.74, 6) is 0.501. The number of halogens is 1. The van der Waals surface area contributed by atoms with Crippen molar-refractivity contribution in [1.82, 2.24) is 0 Å². The molecule has 0 fully saturated rings. The molecule has 0 saturated carbocycles. The van der Waals surface area contributed by atoms with Crippen LogP contribution in [0, 0.1) is 0 Å². The Morgan fingerprint density at radius 3 is 2.57 bits per heavy atom. The third kappa shape index (κ3) is 1.64. The van der Waals surface area contributed by atoms with Gasteiger partial charge in [0.05, 0.1) is 0 Å². The van der Waals surface area contributed by atoms with E-state index in [9.17, 15) is 4.79 Å². The summed E-state index contributed by atoms with van der Waals surface area (Å²) >= 11 is 5.73. The van der Waals surface area contributed by atoms with Gasteiger partial charge in [-0.1, -0.05) is 24.3 Å². The molecule has 70 valence electrons. The highest BCUT2D eigenvalue weighted by molar-refractivity contribution is 6.17. The van der Waals surface area contributed by atoms with Crippen molar-refractivity contribution in [2.24, 2.45) is 0 Å². The highest BCUT2D eigenvalue weighted by Gasteiger charge is 1.97. The molecule has 0 aliphatic rings. The molecule has 0 N–H and O–H groups in total. The molecule has 0 aliphatic carbocycles. The number of carbonyl (C=O) groups is 1. The maximum atomic E-state index is 10.6. The summed E-state index contributed by atoms with van der Waals surface area (Å²) in [7, 11) is 0. The third-order valence-corrected chi connectivity index (χ3v) is 2.53. The van der Waals surface area contributed by atoms with Gasteiger partial charge in [-0.05, 0) is 28.5 Å². The van der Waals surface area contributed by atoms with E-state index in [-0.39, 0.29) is 0 Å². The van der Waals surface area contributed by atoms with Crippen LogP contribution in [0.3, 0.4) is 0 Å². The first-order valence-electron chi connectivity index (χ1n) is 4.37. The molecule has 2 heteroatoms. The van der Waals surface area contributed by atoms with Crippen LogP contribution in [-0.4, -0.2) is 6.29 Å². The Bertz CT molecular complexity index is 477. The van der Waals surface area contributed by atoms with Gasteiger partial charge in [-0.3, -0.25) is 4.79 Å².